The number of carbonyl (C=O) groups excluding carboxylic acids is 1. The van der Waals surface area contributed by atoms with Crippen molar-refractivity contribution in [3.05, 3.63) is 23.0 Å². The van der Waals surface area contributed by atoms with Gasteiger partial charge in [-0.25, -0.2) is 13.8 Å². The van der Waals surface area contributed by atoms with Crippen LogP contribution in [-0.4, -0.2) is 16.4 Å². The summed E-state index contributed by atoms with van der Waals surface area (Å²) in [6.45, 7) is 0. The first-order valence-electron chi connectivity index (χ1n) is 3.61. The van der Waals surface area contributed by atoms with Gasteiger partial charge in [-0.1, -0.05) is 0 Å². The third kappa shape index (κ3) is 1.82. The van der Waals surface area contributed by atoms with E-state index in [4.69, 9.17) is 11.6 Å². The first kappa shape index (κ1) is 10.8. The second kappa shape index (κ2) is 4.32. The predicted octanol–water partition coefficient (Wildman–Crippen LogP) is 2.28. The molecule has 0 fully saturated rings. The van der Waals surface area contributed by atoms with Crippen molar-refractivity contribution >= 4 is 17.9 Å². The quantitative estimate of drug-likeness (QED) is 0.629. The molecule has 0 aliphatic rings. The number of nitrogens with zero attached hydrogens (tertiary/aromatic N) is 1. The average molecular weight is 222 g/mol. The maximum atomic E-state index is 12.3. The molecule has 0 amide bonds. The molecular formula is C8H6ClF2NO2. The van der Waals surface area contributed by atoms with E-state index in [2.05, 4.69) is 4.98 Å². The smallest absolute Gasteiger partial charge is 0.265 e. The van der Waals surface area contributed by atoms with E-state index in [9.17, 15) is 18.7 Å². The fraction of sp³-hybridized carbons (Fsp3) is 0.250. The van der Waals surface area contributed by atoms with Gasteiger partial charge in [-0.3, -0.25) is 4.79 Å². The van der Waals surface area contributed by atoms with E-state index in [-0.39, 0.29) is 23.4 Å². The number of carbonyl (C=O) groups is 1. The lowest BCUT2D eigenvalue weighted by Crippen LogP contribution is -1.99. The Hall–Kier alpha value is -1.23. The van der Waals surface area contributed by atoms with E-state index in [1.807, 2.05) is 0 Å². The molecule has 1 aromatic heterocycles. The van der Waals surface area contributed by atoms with Gasteiger partial charge in [0.05, 0.1) is 5.88 Å². The fourth-order valence-corrected chi connectivity index (χ4v) is 1.27. The zero-order chi connectivity index (χ0) is 10.7. The average Bonchev–Trinajstić information content (AvgIpc) is 2.17. The van der Waals surface area contributed by atoms with Gasteiger partial charge >= 0.3 is 0 Å². The molecular weight excluding hydrogens is 216 g/mol. The monoisotopic (exact) mass is 221 g/mol. The van der Waals surface area contributed by atoms with Gasteiger partial charge in [-0.05, 0) is 0 Å². The van der Waals surface area contributed by atoms with Crippen molar-refractivity contribution in [3.63, 3.8) is 0 Å². The van der Waals surface area contributed by atoms with Crippen LogP contribution in [-0.2, 0) is 5.88 Å². The Bertz CT molecular complexity index is 357. The first-order valence-corrected chi connectivity index (χ1v) is 4.15. The molecule has 0 atom stereocenters. The number of alkyl halides is 3. The molecule has 1 N–H and O–H groups in total. The van der Waals surface area contributed by atoms with Crippen LogP contribution < -0.4 is 0 Å². The second-order valence-corrected chi connectivity index (χ2v) is 2.75. The summed E-state index contributed by atoms with van der Waals surface area (Å²) in [5.41, 5.74) is -0.896. The maximum absolute atomic E-state index is 12.3. The molecule has 0 aliphatic carbocycles. The summed E-state index contributed by atoms with van der Waals surface area (Å²) in [7, 11) is 0. The summed E-state index contributed by atoms with van der Waals surface area (Å²) >= 11 is 5.37. The van der Waals surface area contributed by atoms with Crippen LogP contribution in [0.1, 0.15) is 28.0 Å². The molecule has 0 bridgehead atoms. The van der Waals surface area contributed by atoms with Gasteiger partial charge in [0.2, 0.25) is 0 Å². The number of aromatic hydroxyl groups is 1. The Labute approximate surface area is 83.3 Å². The predicted molar refractivity (Wildman–Crippen MR) is 45.8 cm³/mol. The molecule has 6 heteroatoms. The Morgan fingerprint density at radius 1 is 1.64 bits per heavy atom. The van der Waals surface area contributed by atoms with Crippen LogP contribution in [0.25, 0.3) is 0 Å². The molecule has 0 spiro atoms. The summed E-state index contributed by atoms with van der Waals surface area (Å²) in [6.07, 6.45) is -1.66. The Morgan fingerprint density at radius 2 is 2.29 bits per heavy atom. The molecule has 0 aliphatic heterocycles. The number of hydrogen-bond donors (Lipinski definition) is 1. The number of hydrogen-bond acceptors (Lipinski definition) is 3. The number of rotatable bonds is 3. The summed E-state index contributed by atoms with van der Waals surface area (Å²) in [4.78, 5) is 13.7. The maximum Gasteiger partial charge on any atom is 0.265 e. The third-order valence-electron chi connectivity index (χ3n) is 1.70. The SMILES string of the molecule is O=Cc1ncc(C(F)F)c(CCl)c1O. The Balaban J connectivity index is 3.35. The standard InChI is InChI=1S/C8H6ClF2NO2/c9-1-4-5(8(10)11)2-12-6(3-13)7(4)14/h2-3,8,14H,1H2. The van der Waals surface area contributed by atoms with Gasteiger partial charge in [-0.15, -0.1) is 11.6 Å². The van der Waals surface area contributed by atoms with Crippen molar-refractivity contribution in [3.8, 4) is 5.75 Å². The Morgan fingerprint density at radius 3 is 2.71 bits per heavy atom. The summed E-state index contributed by atoms with van der Waals surface area (Å²) in [5.74, 6) is -0.873. The molecule has 0 radical (unpaired) electrons. The molecule has 1 rings (SSSR count). The highest BCUT2D eigenvalue weighted by Crippen LogP contribution is 2.31. The van der Waals surface area contributed by atoms with Crippen molar-refractivity contribution in [2.75, 3.05) is 0 Å². The molecule has 1 heterocycles. The van der Waals surface area contributed by atoms with Gasteiger partial charge < -0.3 is 5.11 Å². The lowest BCUT2D eigenvalue weighted by Gasteiger charge is -2.08. The van der Waals surface area contributed by atoms with Crippen LogP contribution in [0.4, 0.5) is 8.78 Å². The molecule has 0 aromatic carbocycles. The lowest BCUT2D eigenvalue weighted by molar-refractivity contribution is 0.111. The van der Waals surface area contributed by atoms with E-state index >= 15 is 0 Å². The molecule has 0 saturated carbocycles. The minimum absolute atomic E-state index is 0.154. The topological polar surface area (TPSA) is 50.2 Å². The van der Waals surface area contributed by atoms with Gasteiger partial charge in [0.25, 0.3) is 6.43 Å². The van der Waals surface area contributed by atoms with Crippen LogP contribution in [0, 0.1) is 0 Å². The van der Waals surface area contributed by atoms with E-state index in [1.54, 1.807) is 0 Å². The van der Waals surface area contributed by atoms with Crippen molar-refractivity contribution in [2.24, 2.45) is 0 Å². The summed E-state index contributed by atoms with van der Waals surface area (Å²) in [6, 6.07) is 0. The van der Waals surface area contributed by atoms with Crippen molar-refractivity contribution in [1.29, 1.82) is 0 Å². The zero-order valence-electron chi connectivity index (χ0n) is 6.88. The van der Waals surface area contributed by atoms with E-state index in [1.165, 1.54) is 0 Å². The second-order valence-electron chi connectivity index (χ2n) is 2.48. The van der Waals surface area contributed by atoms with Gasteiger partial charge in [0, 0.05) is 17.3 Å². The molecule has 0 unspecified atom stereocenters. The normalized spacial score (nSPS) is 10.6. The number of pyridine rings is 1. The molecule has 14 heavy (non-hydrogen) atoms. The lowest BCUT2D eigenvalue weighted by atomic mass is 10.1. The largest absolute Gasteiger partial charge is 0.505 e. The molecule has 0 saturated heterocycles. The van der Waals surface area contributed by atoms with Crippen molar-refractivity contribution < 1.29 is 18.7 Å². The highest BCUT2D eigenvalue weighted by molar-refractivity contribution is 6.17. The third-order valence-corrected chi connectivity index (χ3v) is 1.97. The summed E-state index contributed by atoms with van der Waals surface area (Å²) in [5, 5.41) is 9.31. The first-order chi connectivity index (χ1) is 6.61. The minimum atomic E-state index is -2.78. The molecule has 3 nitrogen and oxygen atoms in total. The highest BCUT2D eigenvalue weighted by Gasteiger charge is 2.18. The van der Waals surface area contributed by atoms with Gasteiger partial charge in [-0.2, -0.15) is 0 Å². The number of aromatic nitrogens is 1. The van der Waals surface area contributed by atoms with Gasteiger partial charge in [0.1, 0.15) is 11.4 Å². The van der Waals surface area contributed by atoms with Crippen LogP contribution in [0.15, 0.2) is 6.20 Å². The molecule has 1 aromatic rings. The van der Waals surface area contributed by atoms with Gasteiger partial charge in [0.15, 0.2) is 6.29 Å². The van der Waals surface area contributed by atoms with Crippen molar-refractivity contribution in [1.82, 2.24) is 4.98 Å². The minimum Gasteiger partial charge on any atom is -0.505 e. The Kier molecular flexibility index (Phi) is 3.35. The van der Waals surface area contributed by atoms with Crippen LogP contribution in [0.3, 0.4) is 0 Å². The van der Waals surface area contributed by atoms with Crippen molar-refractivity contribution in [2.45, 2.75) is 12.3 Å². The molecule has 76 valence electrons. The van der Waals surface area contributed by atoms with E-state index in [0.717, 1.165) is 6.20 Å². The highest BCUT2D eigenvalue weighted by atomic mass is 35.5. The summed E-state index contributed by atoms with van der Waals surface area (Å²) < 4.78 is 24.7. The van der Waals surface area contributed by atoms with Crippen LogP contribution in [0.2, 0.25) is 0 Å². The zero-order valence-corrected chi connectivity index (χ0v) is 7.63. The van der Waals surface area contributed by atoms with E-state index in [0.29, 0.717) is 0 Å². The van der Waals surface area contributed by atoms with Crippen LogP contribution in [0.5, 0.6) is 5.75 Å². The number of halogens is 3. The number of aldehydes is 1. The van der Waals surface area contributed by atoms with Crippen LogP contribution >= 0.6 is 11.6 Å². The van der Waals surface area contributed by atoms with E-state index < -0.39 is 17.7 Å². The fourth-order valence-electron chi connectivity index (χ4n) is 0.984.